The Morgan fingerprint density at radius 2 is 1.95 bits per heavy atom. The summed E-state index contributed by atoms with van der Waals surface area (Å²) in [4.78, 5) is 2.24. The van der Waals surface area contributed by atoms with Crippen LogP contribution in [-0.4, -0.2) is 18.6 Å². The number of nitrogens with zero attached hydrogens (tertiary/aromatic N) is 2. The average Bonchev–Trinajstić information content (AvgIpc) is 3.37. The molecule has 1 fully saturated rings. The number of fused-ring (bicyclic) bond motifs is 1. The predicted molar refractivity (Wildman–Crippen MR) is 87.1 cm³/mol. The number of rotatable bonds is 5. The SMILES string of the molecule is CCN(CC(N)(C#N)C1CC1)c1cccc2ccccc12. The molecule has 1 aliphatic carbocycles. The summed E-state index contributed by atoms with van der Waals surface area (Å²) < 4.78 is 0. The second kappa shape index (κ2) is 5.38. The van der Waals surface area contributed by atoms with Gasteiger partial charge in [0.1, 0.15) is 5.54 Å². The highest BCUT2D eigenvalue weighted by atomic mass is 15.2. The molecular formula is C18H21N3. The van der Waals surface area contributed by atoms with E-state index in [0.717, 1.165) is 19.4 Å². The Balaban J connectivity index is 1.97. The summed E-state index contributed by atoms with van der Waals surface area (Å²) in [6.07, 6.45) is 2.16. The first-order chi connectivity index (χ1) is 10.2. The van der Waals surface area contributed by atoms with E-state index in [2.05, 4.69) is 60.4 Å². The molecule has 0 spiro atoms. The monoisotopic (exact) mass is 279 g/mol. The normalized spacial score (nSPS) is 17.2. The van der Waals surface area contributed by atoms with E-state index in [4.69, 9.17) is 5.73 Å². The van der Waals surface area contributed by atoms with Gasteiger partial charge in [-0.2, -0.15) is 5.26 Å². The maximum absolute atomic E-state index is 9.50. The van der Waals surface area contributed by atoms with E-state index in [0.29, 0.717) is 12.5 Å². The van der Waals surface area contributed by atoms with E-state index >= 15 is 0 Å². The maximum atomic E-state index is 9.50. The van der Waals surface area contributed by atoms with Gasteiger partial charge in [-0.1, -0.05) is 36.4 Å². The van der Waals surface area contributed by atoms with Crippen molar-refractivity contribution in [2.45, 2.75) is 25.3 Å². The molecule has 0 aliphatic heterocycles. The largest absolute Gasteiger partial charge is 0.368 e. The smallest absolute Gasteiger partial charge is 0.124 e. The van der Waals surface area contributed by atoms with Crippen molar-refractivity contribution in [3.8, 4) is 6.07 Å². The van der Waals surface area contributed by atoms with Crippen molar-refractivity contribution >= 4 is 16.5 Å². The van der Waals surface area contributed by atoms with Crippen molar-refractivity contribution in [3.05, 3.63) is 42.5 Å². The number of nitriles is 1. The highest BCUT2D eigenvalue weighted by Crippen LogP contribution is 2.39. The highest BCUT2D eigenvalue weighted by Gasteiger charge is 2.43. The molecule has 0 aromatic heterocycles. The van der Waals surface area contributed by atoms with E-state index in [1.165, 1.54) is 16.5 Å². The molecule has 3 rings (SSSR count). The highest BCUT2D eigenvalue weighted by molar-refractivity contribution is 5.94. The molecule has 0 saturated heterocycles. The number of nitrogens with two attached hydrogens (primary N) is 1. The van der Waals surface area contributed by atoms with Gasteiger partial charge in [-0.25, -0.2) is 0 Å². The fraction of sp³-hybridized carbons (Fsp3) is 0.389. The number of anilines is 1. The van der Waals surface area contributed by atoms with Crippen LogP contribution < -0.4 is 10.6 Å². The van der Waals surface area contributed by atoms with Crippen LogP contribution in [0.5, 0.6) is 0 Å². The van der Waals surface area contributed by atoms with E-state index in [1.54, 1.807) is 0 Å². The van der Waals surface area contributed by atoms with Crippen LogP contribution in [0.3, 0.4) is 0 Å². The zero-order valence-corrected chi connectivity index (χ0v) is 12.4. The second-order valence-corrected chi connectivity index (χ2v) is 5.94. The molecule has 0 amide bonds. The standard InChI is InChI=1S/C18H21N3/c1-2-21(13-18(20,12-19)15-10-11-15)17-9-5-7-14-6-3-4-8-16(14)17/h3-9,15H,2,10-11,13,20H2,1H3. The van der Waals surface area contributed by atoms with Crippen LogP contribution in [0, 0.1) is 17.2 Å². The molecule has 1 aliphatic rings. The fourth-order valence-corrected chi connectivity index (χ4v) is 3.02. The molecule has 21 heavy (non-hydrogen) atoms. The maximum Gasteiger partial charge on any atom is 0.124 e. The average molecular weight is 279 g/mol. The Morgan fingerprint density at radius 1 is 1.24 bits per heavy atom. The lowest BCUT2D eigenvalue weighted by Gasteiger charge is -2.32. The third kappa shape index (κ3) is 2.59. The first-order valence-corrected chi connectivity index (χ1v) is 7.61. The third-order valence-electron chi connectivity index (χ3n) is 4.46. The Bertz CT molecular complexity index is 679. The fourth-order valence-electron chi connectivity index (χ4n) is 3.02. The molecule has 1 unspecified atom stereocenters. The van der Waals surface area contributed by atoms with E-state index in [9.17, 15) is 5.26 Å². The molecule has 2 aromatic rings. The lowest BCUT2D eigenvalue weighted by Crippen LogP contribution is -2.51. The summed E-state index contributed by atoms with van der Waals surface area (Å²) in [7, 11) is 0. The molecule has 2 N–H and O–H groups in total. The Kier molecular flexibility index (Phi) is 3.57. The summed E-state index contributed by atoms with van der Waals surface area (Å²) in [5.41, 5.74) is 6.80. The molecule has 1 saturated carbocycles. The van der Waals surface area contributed by atoms with Crippen LogP contribution in [0.2, 0.25) is 0 Å². The van der Waals surface area contributed by atoms with Gasteiger partial charge in [0.05, 0.1) is 6.07 Å². The van der Waals surface area contributed by atoms with Gasteiger partial charge in [-0.15, -0.1) is 0 Å². The van der Waals surface area contributed by atoms with E-state index in [1.807, 2.05) is 0 Å². The van der Waals surface area contributed by atoms with Gasteiger partial charge in [0, 0.05) is 24.2 Å². The molecule has 0 bridgehead atoms. The van der Waals surface area contributed by atoms with Gasteiger partial charge in [0.25, 0.3) is 0 Å². The van der Waals surface area contributed by atoms with Crippen molar-refractivity contribution in [2.24, 2.45) is 11.7 Å². The molecule has 0 radical (unpaired) electrons. The van der Waals surface area contributed by atoms with Gasteiger partial charge in [0.2, 0.25) is 0 Å². The Hall–Kier alpha value is -2.05. The van der Waals surface area contributed by atoms with Crippen LogP contribution in [0.1, 0.15) is 19.8 Å². The minimum atomic E-state index is -0.729. The van der Waals surface area contributed by atoms with E-state index in [-0.39, 0.29) is 0 Å². The summed E-state index contributed by atoms with van der Waals surface area (Å²) in [6.45, 7) is 3.56. The number of likely N-dealkylation sites (N-methyl/N-ethyl adjacent to an activating group) is 1. The molecule has 3 heteroatoms. The minimum absolute atomic E-state index is 0.353. The van der Waals surface area contributed by atoms with Crippen LogP contribution >= 0.6 is 0 Å². The Morgan fingerprint density at radius 3 is 2.62 bits per heavy atom. The number of benzene rings is 2. The van der Waals surface area contributed by atoms with Crippen LogP contribution in [0.4, 0.5) is 5.69 Å². The van der Waals surface area contributed by atoms with Crippen LogP contribution in [0.15, 0.2) is 42.5 Å². The molecular weight excluding hydrogens is 258 g/mol. The van der Waals surface area contributed by atoms with Crippen molar-refractivity contribution in [1.82, 2.24) is 0 Å². The third-order valence-corrected chi connectivity index (χ3v) is 4.46. The number of hydrogen-bond donors (Lipinski definition) is 1. The molecule has 2 aromatic carbocycles. The van der Waals surface area contributed by atoms with E-state index < -0.39 is 5.54 Å². The summed E-state index contributed by atoms with van der Waals surface area (Å²) in [6, 6.07) is 17.0. The van der Waals surface area contributed by atoms with Crippen LogP contribution in [-0.2, 0) is 0 Å². The summed E-state index contributed by atoms with van der Waals surface area (Å²) in [5, 5.41) is 11.9. The van der Waals surface area contributed by atoms with Gasteiger partial charge < -0.3 is 10.6 Å². The lowest BCUT2D eigenvalue weighted by molar-refractivity contribution is 0.470. The first kappa shape index (κ1) is 13.9. The molecule has 108 valence electrons. The van der Waals surface area contributed by atoms with Gasteiger partial charge in [0.15, 0.2) is 0 Å². The summed E-state index contributed by atoms with van der Waals surface area (Å²) in [5.74, 6) is 0.353. The topological polar surface area (TPSA) is 53.0 Å². The second-order valence-electron chi connectivity index (χ2n) is 5.94. The quantitative estimate of drug-likeness (QED) is 0.913. The predicted octanol–water partition coefficient (Wildman–Crippen LogP) is 3.30. The Labute approximate surface area is 126 Å². The minimum Gasteiger partial charge on any atom is -0.368 e. The number of hydrogen-bond acceptors (Lipinski definition) is 3. The molecule has 3 nitrogen and oxygen atoms in total. The zero-order chi connectivity index (χ0) is 14.9. The molecule has 0 heterocycles. The first-order valence-electron chi connectivity index (χ1n) is 7.61. The van der Waals surface area contributed by atoms with Crippen molar-refractivity contribution in [2.75, 3.05) is 18.0 Å². The summed E-state index contributed by atoms with van der Waals surface area (Å²) >= 11 is 0. The van der Waals surface area contributed by atoms with Crippen molar-refractivity contribution in [3.63, 3.8) is 0 Å². The molecule has 1 atom stereocenters. The van der Waals surface area contributed by atoms with Crippen molar-refractivity contribution in [1.29, 1.82) is 5.26 Å². The zero-order valence-electron chi connectivity index (χ0n) is 12.4. The van der Waals surface area contributed by atoms with Gasteiger partial charge in [-0.3, -0.25) is 0 Å². The van der Waals surface area contributed by atoms with Crippen molar-refractivity contribution < 1.29 is 0 Å². The lowest BCUT2D eigenvalue weighted by atomic mass is 9.95. The van der Waals surface area contributed by atoms with Gasteiger partial charge >= 0.3 is 0 Å². The van der Waals surface area contributed by atoms with Gasteiger partial charge in [-0.05, 0) is 37.1 Å². The van der Waals surface area contributed by atoms with Crippen LogP contribution in [0.25, 0.3) is 10.8 Å².